The van der Waals surface area contributed by atoms with Gasteiger partial charge in [-0.05, 0) is 70.1 Å². The summed E-state index contributed by atoms with van der Waals surface area (Å²) in [5, 5.41) is 10.2. The Balaban J connectivity index is 2.22. The Labute approximate surface area is 99.9 Å². The van der Waals surface area contributed by atoms with E-state index in [0.29, 0.717) is 11.3 Å². The van der Waals surface area contributed by atoms with Crippen LogP contribution in [0, 0.1) is 17.3 Å². The lowest BCUT2D eigenvalue weighted by molar-refractivity contribution is 0.0128. The first-order valence-corrected chi connectivity index (χ1v) is 6.76. The summed E-state index contributed by atoms with van der Waals surface area (Å²) in [7, 11) is 0. The van der Waals surface area contributed by atoms with Gasteiger partial charge in [0.15, 0.2) is 0 Å². The molecule has 0 amide bonds. The molecule has 1 heteroatoms. The van der Waals surface area contributed by atoms with Gasteiger partial charge in [-0.15, -0.1) is 0 Å². The molecule has 92 valence electrons. The Hall–Kier alpha value is -0.300. The monoisotopic (exact) mass is 222 g/mol. The van der Waals surface area contributed by atoms with Gasteiger partial charge in [-0.1, -0.05) is 18.6 Å². The topological polar surface area (TPSA) is 20.2 Å². The third kappa shape index (κ3) is 1.84. The van der Waals surface area contributed by atoms with Crippen LogP contribution in [-0.4, -0.2) is 10.7 Å². The van der Waals surface area contributed by atoms with E-state index in [0.717, 1.165) is 5.92 Å². The van der Waals surface area contributed by atoms with Crippen LogP contribution in [-0.2, 0) is 0 Å². The second-order valence-electron chi connectivity index (χ2n) is 6.62. The molecule has 16 heavy (non-hydrogen) atoms. The van der Waals surface area contributed by atoms with Crippen LogP contribution in [0.2, 0.25) is 0 Å². The van der Waals surface area contributed by atoms with Crippen molar-refractivity contribution in [2.75, 3.05) is 0 Å². The van der Waals surface area contributed by atoms with Gasteiger partial charge in [0, 0.05) is 0 Å². The SMILES string of the molecule is CC1=CCC[C@@H](C)[C@]12CC[C@@H](C(C)(C)O)C2. The molecule has 2 aliphatic carbocycles. The summed E-state index contributed by atoms with van der Waals surface area (Å²) in [6, 6.07) is 0. The zero-order chi connectivity index (χ0) is 12.0. The predicted molar refractivity (Wildman–Crippen MR) is 68.2 cm³/mol. The fourth-order valence-electron chi connectivity index (χ4n) is 3.90. The molecule has 1 saturated carbocycles. The zero-order valence-electron chi connectivity index (χ0n) is 11.2. The molecule has 0 aliphatic heterocycles. The summed E-state index contributed by atoms with van der Waals surface area (Å²) in [6.45, 7) is 8.66. The van der Waals surface area contributed by atoms with Crippen LogP contribution in [0.1, 0.15) is 59.8 Å². The smallest absolute Gasteiger partial charge is 0.0620 e. The molecule has 1 nitrogen and oxygen atoms in total. The van der Waals surface area contributed by atoms with E-state index in [1.807, 2.05) is 13.8 Å². The minimum absolute atomic E-state index is 0.420. The van der Waals surface area contributed by atoms with Gasteiger partial charge in [0.2, 0.25) is 0 Å². The highest BCUT2D eigenvalue weighted by Gasteiger charge is 2.48. The average Bonchev–Trinajstić information content (AvgIpc) is 2.60. The molecular formula is C15H26O. The Morgan fingerprint density at radius 1 is 1.38 bits per heavy atom. The molecule has 0 aromatic carbocycles. The quantitative estimate of drug-likeness (QED) is 0.667. The fourth-order valence-corrected chi connectivity index (χ4v) is 3.90. The van der Waals surface area contributed by atoms with Crippen molar-refractivity contribution in [2.24, 2.45) is 17.3 Å². The number of aliphatic hydroxyl groups is 1. The number of allylic oxidation sites excluding steroid dienone is 2. The molecule has 1 spiro atoms. The molecule has 2 aliphatic rings. The van der Waals surface area contributed by atoms with Gasteiger partial charge >= 0.3 is 0 Å². The normalized spacial score (nSPS) is 40.2. The Morgan fingerprint density at radius 3 is 2.56 bits per heavy atom. The molecule has 0 saturated heterocycles. The lowest BCUT2D eigenvalue weighted by atomic mass is 9.64. The molecule has 0 radical (unpaired) electrons. The Morgan fingerprint density at radius 2 is 2.06 bits per heavy atom. The largest absolute Gasteiger partial charge is 0.390 e. The summed E-state index contributed by atoms with van der Waals surface area (Å²) >= 11 is 0. The second-order valence-corrected chi connectivity index (χ2v) is 6.62. The van der Waals surface area contributed by atoms with Gasteiger partial charge in [0.05, 0.1) is 5.60 Å². The molecule has 0 aromatic rings. The third-order valence-electron chi connectivity index (χ3n) is 5.33. The van der Waals surface area contributed by atoms with Gasteiger partial charge in [-0.25, -0.2) is 0 Å². The van der Waals surface area contributed by atoms with Crippen LogP contribution in [0.4, 0.5) is 0 Å². The average molecular weight is 222 g/mol. The summed E-state index contributed by atoms with van der Waals surface area (Å²) in [6.07, 6.45) is 8.69. The van der Waals surface area contributed by atoms with Crippen molar-refractivity contribution >= 4 is 0 Å². The molecule has 3 atom stereocenters. The van der Waals surface area contributed by atoms with Gasteiger partial charge in [-0.2, -0.15) is 0 Å². The maximum absolute atomic E-state index is 10.2. The van der Waals surface area contributed by atoms with Crippen molar-refractivity contribution in [3.05, 3.63) is 11.6 Å². The van der Waals surface area contributed by atoms with Gasteiger partial charge in [0.1, 0.15) is 0 Å². The van der Waals surface area contributed by atoms with E-state index in [-0.39, 0.29) is 0 Å². The molecule has 2 rings (SSSR count). The van der Waals surface area contributed by atoms with Crippen LogP contribution in [0.25, 0.3) is 0 Å². The molecule has 1 N–H and O–H groups in total. The maximum atomic E-state index is 10.2. The first kappa shape index (κ1) is 12.2. The van der Waals surface area contributed by atoms with Crippen molar-refractivity contribution in [3.63, 3.8) is 0 Å². The van der Waals surface area contributed by atoms with Gasteiger partial charge in [-0.3, -0.25) is 0 Å². The lowest BCUT2D eigenvalue weighted by Gasteiger charge is -2.41. The Kier molecular flexibility index (Phi) is 2.94. The molecule has 0 bridgehead atoms. The maximum Gasteiger partial charge on any atom is 0.0620 e. The molecular weight excluding hydrogens is 196 g/mol. The lowest BCUT2D eigenvalue weighted by Crippen LogP contribution is -2.34. The van der Waals surface area contributed by atoms with Crippen molar-refractivity contribution in [1.82, 2.24) is 0 Å². The molecule has 0 unspecified atom stereocenters. The minimum Gasteiger partial charge on any atom is -0.390 e. The van der Waals surface area contributed by atoms with E-state index in [1.54, 1.807) is 5.57 Å². The highest BCUT2D eigenvalue weighted by molar-refractivity contribution is 5.20. The second kappa shape index (κ2) is 3.87. The minimum atomic E-state index is -0.499. The fraction of sp³-hybridized carbons (Fsp3) is 0.867. The first-order valence-electron chi connectivity index (χ1n) is 6.76. The van der Waals surface area contributed by atoms with E-state index in [1.165, 1.54) is 32.1 Å². The molecule has 0 heterocycles. The van der Waals surface area contributed by atoms with Gasteiger partial charge in [0.25, 0.3) is 0 Å². The van der Waals surface area contributed by atoms with Crippen LogP contribution < -0.4 is 0 Å². The first-order chi connectivity index (χ1) is 7.36. The third-order valence-corrected chi connectivity index (χ3v) is 5.33. The molecule has 0 aromatic heterocycles. The van der Waals surface area contributed by atoms with Crippen molar-refractivity contribution in [1.29, 1.82) is 0 Å². The van der Waals surface area contributed by atoms with Crippen LogP contribution in [0.15, 0.2) is 11.6 Å². The van der Waals surface area contributed by atoms with E-state index in [2.05, 4.69) is 19.9 Å². The summed E-state index contributed by atoms with van der Waals surface area (Å²) in [5.74, 6) is 1.28. The predicted octanol–water partition coefficient (Wildman–Crippen LogP) is 3.92. The summed E-state index contributed by atoms with van der Waals surface area (Å²) in [4.78, 5) is 0. The van der Waals surface area contributed by atoms with E-state index in [9.17, 15) is 5.11 Å². The van der Waals surface area contributed by atoms with Crippen LogP contribution >= 0.6 is 0 Å². The number of rotatable bonds is 1. The van der Waals surface area contributed by atoms with Crippen LogP contribution in [0.3, 0.4) is 0 Å². The molecule has 1 fully saturated rings. The Bertz CT molecular complexity index is 297. The highest BCUT2D eigenvalue weighted by Crippen LogP contribution is 2.56. The number of hydrogen-bond donors (Lipinski definition) is 1. The van der Waals surface area contributed by atoms with E-state index >= 15 is 0 Å². The van der Waals surface area contributed by atoms with Crippen molar-refractivity contribution in [3.8, 4) is 0 Å². The van der Waals surface area contributed by atoms with Crippen molar-refractivity contribution in [2.45, 2.75) is 65.4 Å². The highest BCUT2D eigenvalue weighted by atomic mass is 16.3. The standard InChI is InChI=1S/C15H26O/c1-11-6-5-7-12(2)15(11)9-8-13(10-15)14(3,4)16/h6,12-13,16H,5,7-10H2,1-4H3/t12-,13-,15+/m1/s1. The zero-order valence-corrected chi connectivity index (χ0v) is 11.2. The van der Waals surface area contributed by atoms with Crippen molar-refractivity contribution < 1.29 is 5.11 Å². The van der Waals surface area contributed by atoms with Crippen LogP contribution in [0.5, 0.6) is 0 Å². The number of hydrogen-bond acceptors (Lipinski definition) is 1. The summed E-state index contributed by atoms with van der Waals surface area (Å²) in [5.41, 5.74) is 1.52. The summed E-state index contributed by atoms with van der Waals surface area (Å²) < 4.78 is 0. The van der Waals surface area contributed by atoms with E-state index < -0.39 is 5.60 Å². The van der Waals surface area contributed by atoms with E-state index in [4.69, 9.17) is 0 Å². The van der Waals surface area contributed by atoms with Gasteiger partial charge < -0.3 is 5.11 Å².